The van der Waals surface area contributed by atoms with Crippen molar-refractivity contribution in [3.63, 3.8) is 0 Å². The molecule has 2 heterocycles. The Bertz CT molecular complexity index is 380. The maximum absolute atomic E-state index is 12.0. The number of hydrogen-bond acceptors (Lipinski definition) is 4. The fourth-order valence-electron chi connectivity index (χ4n) is 2.47. The van der Waals surface area contributed by atoms with Crippen molar-refractivity contribution in [1.82, 2.24) is 15.5 Å². The van der Waals surface area contributed by atoms with Crippen LogP contribution in [0.5, 0.6) is 0 Å². The van der Waals surface area contributed by atoms with Crippen molar-refractivity contribution in [3.8, 4) is 0 Å². The average Bonchev–Trinajstić information content (AvgIpc) is 2.88. The highest BCUT2D eigenvalue weighted by Crippen LogP contribution is 2.17. The van der Waals surface area contributed by atoms with E-state index in [1.54, 1.807) is 13.8 Å². The van der Waals surface area contributed by atoms with Gasteiger partial charge in [-0.15, -0.1) is 12.4 Å². The lowest BCUT2D eigenvalue weighted by Crippen LogP contribution is -2.45. The minimum Gasteiger partial charge on any atom is -0.343 e. The summed E-state index contributed by atoms with van der Waals surface area (Å²) in [5.41, 5.74) is 0. The molecule has 2 aliphatic rings. The fraction of sp³-hybridized carbons (Fsp3) is 0.750. The van der Waals surface area contributed by atoms with Crippen LogP contribution in [0.3, 0.4) is 0 Å². The Hall–Kier alpha value is -1.14. The van der Waals surface area contributed by atoms with Crippen molar-refractivity contribution < 1.29 is 14.4 Å². The topological polar surface area (TPSA) is 78.5 Å². The van der Waals surface area contributed by atoms with E-state index in [4.69, 9.17) is 0 Å². The molecule has 0 saturated carbocycles. The fourth-order valence-corrected chi connectivity index (χ4v) is 2.47. The molecule has 0 spiro atoms. The molecule has 2 N–H and O–H groups in total. The van der Waals surface area contributed by atoms with Crippen LogP contribution < -0.4 is 10.6 Å². The van der Waals surface area contributed by atoms with E-state index >= 15 is 0 Å². The predicted molar refractivity (Wildman–Crippen MR) is 71.8 cm³/mol. The van der Waals surface area contributed by atoms with Gasteiger partial charge in [-0.25, -0.2) is 0 Å². The Balaban J connectivity index is 0.00000180. The van der Waals surface area contributed by atoms with Gasteiger partial charge in [0.05, 0.1) is 12.3 Å². The van der Waals surface area contributed by atoms with Crippen LogP contribution in [0, 0.1) is 5.92 Å². The van der Waals surface area contributed by atoms with Crippen molar-refractivity contribution in [2.45, 2.75) is 38.8 Å². The predicted octanol–water partition coefficient (Wildman–Crippen LogP) is -0.330. The molecule has 0 aromatic heterocycles. The van der Waals surface area contributed by atoms with E-state index in [9.17, 15) is 14.4 Å². The Morgan fingerprint density at radius 2 is 2.11 bits per heavy atom. The molecule has 2 rings (SSSR count). The number of rotatable bonds is 3. The summed E-state index contributed by atoms with van der Waals surface area (Å²) < 4.78 is 0. The maximum Gasteiger partial charge on any atom is 0.252 e. The summed E-state index contributed by atoms with van der Waals surface area (Å²) in [5, 5.41) is 5.80. The molecular formula is C12H20ClN3O3. The zero-order valence-electron chi connectivity index (χ0n) is 11.1. The molecule has 0 aliphatic carbocycles. The van der Waals surface area contributed by atoms with Crippen molar-refractivity contribution in [2.75, 3.05) is 13.1 Å². The molecule has 19 heavy (non-hydrogen) atoms. The van der Waals surface area contributed by atoms with E-state index in [1.165, 1.54) is 4.90 Å². The lowest BCUT2D eigenvalue weighted by atomic mass is 10.1. The molecule has 0 aromatic rings. The Kier molecular flexibility index (Phi) is 5.31. The first-order valence-electron chi connectivity index (χ1n) is 6.37. The molecule has 108 valence electrons. The smallest absolute Gasteiger partial charge is 0.252 e. The van der Waals surface area contributed by atoms with Gasteiger partial charge in [0.1, 0.15) is 6.04 Å². The average molecular weight is 290 g/mol. The van der Waals surface area contributed by atoms with Gasteiger partial charge in [-0.05, 0) is 26.8 Å². The van der Waals surface area contributed by atoms with Crippen LogP contribution in [-0.2, 0) is 14.4 Å². The first-order valence-corrected chi connectivity index (χ1v) is 6.37. The third kappa shape index (κ3) is 3.25. The van der Waals surface area contributed by atoms with Gasteiger partial charge in [0.2, 0.25) is 11.8 Å². The van der Waals surface area contributed by atoms with Crippen LogP contribution in [0.1, 0.15) is 26.7 Å². The van der Waals surface area contributed by atoms with E-state index in [0.29, 0.717) is 6.54 Å². The van der Waals surface area contributed by atoms with Gasteiger partial charge in [-0.2, -0.15) is 0 Å². The molecule has 2 fully saturated rings. The van der Waals surface area contributed by atoms with Crippen molar-refractivity contribution in [1.29, 1.82) is 0 Å². The van der Waals surface area contributed by atoms with Crippen molar-refractivity contribution >= 4 is 30.1 Å². The zero-order chi connectivity index (χ0) is 13.3. The highest BCUT2D eigenvalue weighted by molar-refractivity contribution is 6.07. The second kappa shape index (κ2) is 6.34. The lowest BCUT2D eigenvalue weighted by Gasteiger charge is -2.19. The normalized spacial score (nSPS) is 26.8. The highest BCUT2D eigenvalue weighted by Gasteiger charge is 2.41. The lowest BCUT2D eigenvalue weighted by molar-refractivity contribution is -0.141. The van der Waals surface area contributed by atoms with E-state index < -0.39 is 6.04 Å². The number of carbonyl (C=O) groups is 3. The molecule has 2 aliphatic heterocycles. The summed E-state index contributed by atoms with van der Waals surface area (Å²) >= 11 is 0. The number of likely N-dealkylation sites (tertiary alicyclic amines) is 1. The van der Waals surface area contributed by atoms with Gasteiger partial charge >= 0.3 is 0 Å². The van der Waals surface area contributed by atoms with E-state index in [1.807, 2.05) is 0 Å². The van der Waals surface area contributed by atoms with Crippen LogP contribution >= 0.6 is 12.4 Å². The van der Waals surface area contributed by atoms with Crippen LogP contribution in [-0.4, -0.2) is 47.8 Å². The summed E-state index contributed by atoms with van der Waals surface area (Å²) in [7, 11) is 0. The van der Waals surface area contributed by atoms with Gasteiger partial charge in [0, 0.05) is 12.6 Å². The largest absolute Gasteiger partial charge is 0.343 e. The molecule has 0 bridgehead atoms. The van der Waals surface area contributed by atoms with E-state index in [2.05, 4.69) is 10.6 Å². The SMILES string of the molecule is CC(C)N1C(=O)CC(NC(=O)C2CCNC2)C1=O.Cl. The third-order valence-corrected chi connectivity index (χ3v) is 3.45. The van der Waals surface area contributed by atoms with E-state index in [0.717, 1.165) is 13.0 Å². The quantitative estimate of drug-likeness (QED) is 0.698. The second-order valence-electron chi connectivity index (χ2n) is 5.15. The zero-order valence-corrected chi connectivity index (χ0v) is 12.0. The van der Waals surface area contributed by atoms with Crippen molar-refractivity contribution in [2.24, 2.45) is 5.92 Å². The number of nitrogens with one attached hydrogen (secondary N) is 2. The number of amides is 3. The first kappa shape index (κ1) is 15.9. The van der Waals surface area contributed by atoms with Crippen LogP contribution in [0.15, 0.2) is 0 Å². The molecule has 3 amide bonds. The number of imide groups is 1. The standard InChI is InChI=1S/C12H19N3O3.ClH/c1-7(2)15-10(16)5-9(12(15)18)14-11(17)8-3-4-13-6-8;/h7-9,13H,3-6H2,1-2H3,(H,14,17);1H. The molecule has 2 saturated heterocycles. The molecule has 2 atom stereocenters. The second-order valence-corrected chi connectivity index (χ2v) is 5.15. The monoisotopic (exact) mass is 289 g/mol. The molecule has 0 aromatic carbocycles. The molecule has 7 heteroatoms. The molecular weight excluding hydrogens is 270 g/mol. The Morgan fingerprint density at radius 3 is 2.58 bits per heavy atom. The van der Waals surface area contributed by atoms with Gasteiger partial charge in [0.25, 0.3) is 5.91 Å². The van der Waals surface area contributed by atoms with Gasteiger partial charge in [-0.3, -0.25) is 19.3 Å². The summed E-state index contributed by atoms with van der Waals surface area (Å²) in [6.45, 7) is 5.06. The van der Waals surface area contributed by atoms with Gasteiger partial charge < -0.3 is 10.6 Å². The highest BCUT2D eigenvalue weighted by atomic mass is 35.5. The number of hydrogen-bond donors (Lipinski definition) is 2. The first-order chi connectivity index (χ1) is 8.50. The van der Waals surface area contributed by atoms with Gasteiger partial charge in [0.15, 0.2) is 0 Å². The van der Waals surface area contributed by atoms with E-state index in [-0.39, 0.29) is 48.5 Å². The molecule has 6 nitrogen and oxygen atoms in total. The third-order valence-electron chi connectivity index (χ3n) is 3.45. The number of nitrogens with zero attached hydrogens (tertiary/aromatic N) is 1. The van der Waals surface area contributed by atoms with Crippen molar-refractivity contribution in [3.05, 3.63) is 0 Å². The Labute approximate surface area is 118 Å². The maximum atomic E-state index is 12.0. The summed E-state index contributed by atoms with van der Waals surface area (Å²) in [6, 6.07) is -0.826. The molecule has 2 unspecified atom stereocenters. The Morgan fingerprint density at radius 1 is 1.42 bits per heavy atom. The minimum absolute atomic E-state index is 0. The number of halogens is 1. The van der Waals surface area contributed by atoms with Crippen LogP contribution in [0.25, 0.3) is 0 Å². The summed E-state index contributed by atoms with van der Waals surface area (Å²) in [5.74, 6) is -0.697. The summed E-state index contributed by atoms with van der Waals surface area (Å²) in [4.78, 5) is 36.8. The number of carbonyl (C=O) groups excluding carboxylic acids is 3. The molecule has 0 radical (unpaired) electrons. The minimum atomic E-state index is -0.673. The van der Waals surface area contributed by atoms with Crippen LogP contribution in [0.2, 0.25) is 0 Å². The van der Waals surface area contributed by atoms with Gasteiger partial charge in [-0.1, -0.05) is 0 Å². The van der Waals surface area contributed by atoms with Crippen LogP contribution in [0.4, 0.5) is 0 Å². The summed E-state index contributed by atoms with van der Waals surface area (Å²) in [6.07, 6.45) is 0.873.